The molecule has 1 unspecified atom stereocenters. The first kappa shape index (κ1) is 12.0. The topological polar surface area (TPSA) is 90.7 Å². The van der Waals surface area contributed by atoms with E-state index >= 15 is 0 Å². The molecule has 0 saturated heterocycles. The maximum atomic E-state index is 10.8. The average molecular weight is 229 g/mol. The van der Waals surface area contributed by atoms with Gasteiger partial charge in [-0.1, -0.05) is 0 Å². The first-order chi connectivity index (χ1) is 7.15. The molecule has 3 N–H and O–H groups in total. The number of aliphatic hydroxyl groups is 2. The lowest BCUT2D eigenvalue weighted by atomic mass is 10.3. The van der Waals surface area contributed by atoms with Crippen LogP contribution in [-0.4, -0.2) is 44.7 Å². The summed E-state index contributed by atoms with van der Waals surface area (Å²) in [5, 5.41) is 26.9. The number of hydrogen-bond acceptors (Lipinski definition) is 5. The summed E-state index contributed by atoms with van der Waals surface area (Å²) in [7, 11) is 0. The highest BCUT2D eigenvalue weighted by Gasteiger charge is 2.12. The minimum Gasteiger partial charge on any atom is -0.478 e. The zero-order valence-electron chi connectivity index (χ0n) is 7.83. The minimum atomic E-state index is -1.05. The molecule has 1 atom stereocenters. The van der Waals surface area contributed by atoms with Gasteiger partial charge in [0.1, 0.15) is 5.03 Å². The Morgan fingerprint density at radius 2 is 2.33 bits per heavy atom. The van der Waals surface area contributed by atoms with Gasteiger partial charge in [0.25, 0.3) is 0 Å². The Hall–Kier alpha value is -1.11. The van der Waals surface area contributed by atoms with Gasteiger partial charge < -0.3 is 15.3 Å². The number of pyridine rings is 1. The number of thioether (sulfide) groups is 1. The number of carbonyl (C=O) groups is 1. The molecule has 1 rings (SSSR count). The molecule has 1 aromatic rings. The predicted molar refractivity (Wildman–Crippen MR) is 55.0 cm³/mol. The Morgan fingerprint density at radius 3 is 2.93 bits per heavy atom. The van der Waals surface area contributed by atoms with Crippen molar-refractivity contribution in [3.05, 3.63) is 23.9 Å². The maximum absolute atomic E-state index is 10.8. The number of hydrogen-bond donors (Lipinski definition) is 3. The summed E-state index contributed by atoms with van der Waals surface area (Å²) in [6.45, 7) is -0.345. The molecule has 0 aliphatic heterocycles. The third-order valence-electron chi connectivity index (χ3n) is 1.62. The molecule has 1 aromatic heterocycles. The summed E-state index contributed by atoms with van der Waals surface area (Å²) in [6.07, 6.45) is 0.624. The number of nitrogens with zero attached hydrogens (tertiary/aromatic N) is 1. The molecule has 0 radical (unpaired) electrons. The molecule has 0 saturated carbocycles. The van der Waals surface area contributed by atoms with Gasteiger partial charge in [-0.3, -0.25) is 0 Å². The van der Waals surface area contributed by atoms with Gasteiger partial charge in [-0.05, 0) is 12.1 Å². The lowest BCUT2D eigenvalue weighted by Crippen LogP contribution is -2.15. The summed E-state index contributed by atoms with van der Waals surface area (Å²) in [5.74, 6) is -0.836. The number of aliphatic hydroxyl groups excluding tert-OH is 2. The van der Waals surface area contributed by atoms with E-state index in [2.05, 4.69) is 4.98 Å². The van der Waals surface area contributed by atoms with Crippen molar-refractivity contribution < 1.29 is 20.1 Å². The third-order valence-corrected chi connectivity index (χ3v) is 2.77. The zero-order chi connectivity index (χ0) is 11.3. The highest BCUT2D eigenvalue weighted by Crippen LogP contribution is 2.20. The van der Waals surface area contributed by atoms with Crippen LogP contribution in [0.2, 0.25) is 0 Å². The van der Waals surface area contributed by atoms with E-state index in [0.717, 1.165) is 11.8 Å². The molecule has 5 nitrogen and oxygen atoms in total. The molecular weight excluding hydrogens is 218 g/mol. The first-order valence-corrected chi connectivity index (χ1v) is 5.23. The van der Waals surface area contributed by atoms with Crippen LogP contribution in [0.15, 0.2) is 23.4 Å². The van der Waals surface area contributed by atoms with E-state index in [4.69, 9.17) is 15.3 Å². The van der Waals surface area contributed by atoms with Crippen LogP contribution in [0, 0.1) is 0 Å². The average Bonchev–Trinajstić information content (AvgIpc) is 2.26. The van der Waals surface area contributed by atoms with Crippen molar-refractivity contribution in [2.24, 2.45) is 0 Å². The Bertz CT molecular complexity index is 345. The zero-order valence-corrected chi connectivity index (χ0v) is 8.65. The van der Waals surface area contributed by atoms with Gasteiger partial charge in [0.05, 0.1) is 18.3 Å². The van der Waals surface area contributed by atoms with E-state index in [9.17, 15) is 4.79 Å². The molecule has 15 heavy (non-hydrogen) atoms. The SMILES string of the molecule is O=C(O)c1cccnc1SCC(O)CO. The van der Waals surface area contributed by atoms with Crippen molar-refractivity contribution in [1.29, 1.82) is 0 Å². The fraction of sp³-hybridized carbons (Fsp3) is 0.333. The van der Waals surface area contributed by atoms with Crippen LogP contribution in [0.4, 0.5) is 0 Å². The van der Waals surface area contributed by atoms with Crippen LogP contribution < -0.4 is 0 Å². The monoisotopic (exact) mass is 229 g/mol. The second kappa shape index (κ2) is 5.69. The van der Waals surface area contributed by atoms with E-state index in [1.807, 2.05) is 0 Å². The highest BCUT2D eigenvalue weighted by molar-refractivity contribution is 7.99. The first-order valence-electron chi connectivity index (χ1n) is 4.25. The van der Waals surface area contributed by atoms with Crippen molar-refractivity contribution in [3.63, 3.8) is 0 Å². The lowest BCUT2D eigenvalue weighted by Gasteiger charge is -2.07. The van der Waals surface area contributed by atoms with Crippen LogP contribution in [0.25, 0.3) is 0 Å². The van der Waals surface area contributed by atoms with Gasteiger partial charge in [-0.15, -0.1) is 11.8 Å². The van der Waals surface area contributed by atoms with E-state index in [1.54, 1.807) is 0 Å². The Morgan fingerprint density at radius 1 is 1.60 bits per heavy atom. The number of aromatic carboxylic acids is 1. The second-order valence-corrected chi connectivity index (χ2v) is 3.82. The van der Waals surface area contributed by atoms with E-state index in [1.165, 1.54) is 18.3 Å². The molecule has 1 heterocycles. The molecule has 0 aliphatic carbocycles. The smallest absolute Gasteiger partial charge is 0.338 e. The highest BCUT2D eigenvalue weighted by atomic mass is 32.2. The summed E-state index contributed by atoms with van der Waals surface area (Å²) in [6, 6.07) is 2.99. The van der Waals surface area contributed by atoms with E-state index < -0.39 is 12.1 Å². The van der Waals surface area contributed by atoms with Gasteiger partial charge in [0.15, 0.2) is 0 Å². The summed E-state index contributed by atoms with van der Waals surface area (Å²) >= 11 is 1.11. The molecule has 0 amide bonds. The van der Waals surface area contributed by atoms with E-state index in [-0.39, 0.29) is 17.9 Å². The van der Waals surface area contributed by atoms with Crippen LogP contribution in [-0.2, 0) is 0 Å². The number of aromatic nitrogens is 1. The van der Waals surface area contributed by atoms with Gasteiger partial charge in [-0.2, -0.15) is 0 Å². The van der Waals surface area contributed by atoms with Gasteiger partial charge >= 0.3 is 5.97 Å². The quantitative estimate of drug-likeness (QED) is 0.626. The predicted octanol–water partition coefficient (Wildman–Crippen LogP) is 0.225. The van der Waals surface area contributed by atoms with Gasteiger partial charge in [0, 0.05) is 11.9 Å². The number of carboxylic acids is 1. The molecule has 0 aromatic carbocycles. The van der Waals surface area contributed by atoms with Crippen molar-refractivity contribution in [3.8, 4) is 0 Å². The largest absolute Gasteiger partial charge is 0.478 e. The summed E-state index contributed by atoms with van der Waals surface area (Å²) < 4.78 is 0. The van der Waals surface area contributed by atoms with Crippen LogP contribution in [0.1, 0.15) is 10.4 Å². The minimum absolute atomic E-state index is 0.104. The Balaban J connectivity index is 2.72. The molecule has 0 spiro atoms. The van der Waals surface area contributed by atoms with Gasteiger partial charge in [-0.25, -0.2) is 9.78 Å². The van der Waals surface area contributed by atoms with Crippen LogP contribution >= 0.6 is 11.8 Å². The fourth-order valence-corrected chi connectivity index (χ4v) is 1.80. The van der Waals surface area contributed by atoms with Crippen LogP contribution in [0.3, 0.4) is 0 Å². The lowest BCUT2D eigenvalue weighted by molar-refractivity contribution is 0.0692. The number of carboxylic acid groups (broad SMARTS) is 1. The molecule has 0 bridgehead atoms. The van der Waals surface area contributed by atoms with Crippen molar-refractivity contribution >= 4 is 17.7 Å². The molecular formula is C9H11NO4S. The fourth-order valence-electron chi connectivity index (χ4n) is 0.896. The summed E-state index contributed by atoms with van der Waals surface area (Å²) in [4.78, 5) is 14.7. The Labute approximate surface area is 90.8 Å². The third kappa shape index (κ3) is 3.50. The standard InChI is InChI=1S/C9H11NO4S/c11-4-6(12)5-15-8-7(9(13)14)2-1-3-10-8/h1-3,6,11-12H,4-5H2,(H,13,14). The second-order valence-electron chi connectivity index (χ2n) is 2.81. The molecule has 82 valence electrons. The molecule has 0 fully saturated rings. The van der Waals surface area contributed by atoms with Crippen LogP contribution in [0.5, 0.6) is 0 Å². The van der Waals surface area contributed by atoms with Crippen molar-refractivity contribution in [2.75, 3.05) is 12.4 Å². The Kier molecular flexibility index (Phi) is 4.54. The van der Waals surface area contributed by atoms with Crippen molar-refractivity contribution in [1.82, 2.24) is 4.98 Å². The number of rotatable bonds is 5. The maximum Gasteiger partial charge on any atom is 0.338 e. The van der Waals surface area contributed by atoms with Gasteiger partial charge in [0.2, 0.25) is 0 Å². The van der Waals surface area contributed by atoms with E-state index in [0.29, 0.717) is 5.03 Å². The normalized spacial score (nSPS) is 12.4. The molecule has 0 aliphatic rings. The van der Waals surface area contributed by atoms with Crippen molar-refractivity contribution in [2.45, 2.75) is 11.1 Å². The summed E-state index contributed by atoms with van der Waals surface area (Å²) in [5.41, 5.74) is 0.104. The molecule has 6 heteroatoms.